The van der Waals surface area contributed by atoms with Crippen LogP contribution in [-0.2, 0) is 6.18 Å². The fraction of sp³-hybridized carbons (Fsp3) is 0.0526. The summed E-state index contributed by atoms with van der Waals surface area (Å²) in [6, 6.07) is 9.73. The van der Waals surface area contributed by atoms with Crippen LogP contribution in [0.4, 0.5) is 24.5 Å². The summed E-state index contributed by atoms with van der Waals surface area (Å²) in [5, 5.41) is 4.82. The molecule has 0 aliphatic heterocycles. The molecule has 0 fully saturated rings. The van der Waals surface area contributed by atoms with E-state index in [2.05, 4.69) is 10.6 Å². The molecule has 3 aromatic rings. The van der Waals surface area contributed by atoms with Crippen molar-refractivity contribution in [3.63, 3.8) is 0 Å². The van der Waals surface area contributed by atoms with E-state index in [9.17, 15) is 22.8 Å². The van der Waals surface area contributed by atoms with Gasteiger partial charge in [0.1, 0.15) is 0 Å². The maximum atomic E-state index is 13.5. The Morgan fingerprint density at radius 1 is 0.897 bits per heavy atom. The van der Waals surface area contributed by atoms with E-state index in [1.165, 1.54) is 42.7 Å². The number of alkyl halides is 3. The molecule has 0 spiro atoms. The summed E-state index contributed by atoms with van der Waals surface area (Å²) in [5.74, 6) is -1.60. The van der Waals surface area contributed by atoms with Crippen molar-refractivity contribution in [1.82, 2.24) is 0 Å². The second-order valence-corrected chi connectivity index (χ2v) is 6.67. The fourth-order valence-electron chi connectivity index (χ4n) is 2.45. The SMILES string of the molecule is O=C(Nc1ccc(NC(=O)c2ccco2)cc1C(F)(F)F)c1cc(Cl)cc(Cl)c1. The van der Waals surface area contributed by atoms with Gasteiger partial charge in [0.2, 0.25) is 0 Å². The standard InChI is InChI=1S/C19H11Cl2F3N2O3/c20-11-6-10(7-12(21)8-11)17(27)26-15-4-3-13(9-14(15)19(22,23)24)25-18(28)16-2-1-5-29-16/h1-9H,(H,25,28)(H,26,27). The topological polar surface area (TPSA) is 71.3 Å². The molecule has 2 aromatic carbocycles. The second kappa shape index (κ2) is 8.18. The smallest absolute Gasteiger partial charge is 0.418 e. The quantitative estimate of drug-likeness (QED) is 0.511. The van der Waals surface area contributed by atoms with Crippen molar-refractivity contribution >= 4 is 46.4 Å². The number of carbonyl (C=O) groups is 2. The molecule has 0 aliphatic carbocycles. The number of hydrogen-bond donors (Lipinski definition) is 2. The minimum absolute atomic E-state index is 0.00850. The van der Waals surface area contributed by atoms with Crippen LogP contribution in [0, 0.1) is 0 Å². The summed E-state index contributed by atoms with van der Waals surface area (Å²) in [7, 11) is 0. The molecule has 29 heavy (non-hydrogen) atoms. The maximum Gasteiger partial charge on any atom is 0.418 e. The molecule has 150 valence electrons. The van der Waals surface area contributed by atoms with E-state index in [4.69, 9.17) is 27.6 Å². The van der Waals surface area contributed by atoms with E-state index >= 15 is 0 Å². The van der Waals surface area contributed by atoms with Crippen molar-refractivity contribution in [2.45, 2.75) is 6.18 Å². The van der Waals surface area contributed by atoms with Crippen molar-refractivity contribution in [3.05, 3.63) is 81.7 Å². The van der Waals surface area contributed by atoms with E-state index in [1.807, 2.05) is 0 Å². The minimum Gasteiger partial charge on any atom is -0.459 e. The lowest BCUT2D eigenvalue weighted by molar-refractivity contribution is -0.136. The molecule has 0 radical (unpaired) electrons. The van der Waals surface area contributed by atoms with Gasteiger partial charge in [0.25, 0.3) is 11.8 Å². The zero-order chi connectivity index (χ0) is 21.2. The summed E-state index contributed by atoms with van der Waals surface area (Å²) in [6.07, 6.45) is -3.53. The molecular weight excluding hydrogens is 432 g/mol. The molecule has 0 saturated heterocycles. The van der Waals surface area contributed by atoms with E-state index in [0.29, 0.717) is 6.07 Å². The van der Waals surface area contributed by atoms with Gasteiger partial charge >= 0.3 is 6.18 Å². The first kappa shape index (κ1) is 20.8. The second-order valence-electron chi connectivity index (χ2n) is 5.80. The van der Waals surface area contributed by atoms with E-state index in [1.54, 1.807) is 0 Å². The van der Waals surface area contributed by atoms with Gasteiger partial charge < -0.3 is 15.1 Å². The average molecular weight is 443 g/mol. The molecule has 3 rings (SSSR count). The molecule has 0 unspecified atom stereocenters. The van der Waals surface area contributed by atoms with Crippen LogP contribution in [-0.4, -0.2) is 11.8 Å². The Kier molecular flexibility index (Phi) is 5.86. The van der Waals surface area contributed by atoms with Crippen molar-refractivity contribution in [2.75, 3.05) is 10.6 Å². The third-order valence-corrected chi connectivity index (χ3v) is 4.14. The number of amides is 2. The number of benzene rings is 2. The highest BCUT2D eigenvalue weighted by atomic mass is 35.5. The molecule has 0 aliphatic rings. The first-order chi connectivity index (χ1) is 13.6. The van der Waals surface area contributed by atoms with Crippen molar-refractivity contribution < 1.29 is 27.2 Å². The predicted octanol–water partition coefficient (Wildman–Crippen LogP) is 6.11. The number of rotatable bonds is 4. The van der Waals surface area contributed by atoms with Crippen molar-refractivity contribution in [3.8, 4) is 0 Å². The molecule has 0 saturated carbocycles. The van der Waals surface area contributed by atoms with Gasteiger partial charge in [-0.15, -0.1) is 0 Å². The summed E-state index contributed by atoms with van der Waals surface area (Å²) in [5.41, 5.74) is -1.76. The maximum absolute atomic E-state index is 13.5. The van der Waals surface area contributed by atoms with E-state index in [-0.39, 0.29) is 27.1 Å². The zero-order valence-corrected chi connectivity index (χ0v) is 15.8. The number of anilines is 2. The summed E-state index contributed by atoms with van der Waals surface area (Å²) < 4.78 is 45.4. The van der Waals surface area contributed by atoms with Crippen LogP contribution in [0.1, 0.15) is 26.5 Å². The molecule has 5 nitrogen and oxygen atoms in total. The number of halogens is 5. The third-order valence-electron chi connectivity index (χ3n) is 3.70. The van der Waals surface area contributed by atoms with E-state index < -0.39 is 29.2 Å². The lowest BCUT2D eigenvalue weighted by Crippen LogP contribution is -2.18. The highest BCUT2D eigenvalue weighted by Crippen LogP contribution is 2.37. The molecule has 10 heteroatoms. The number of carbonyl (C=O) groups excluding carboxylic acids is 2. The lowest BCUT2D eigenvalue weighted by atomic mass is 10.1. The van der Waals surface area contributed by atoms with Crippen LogP contribution in [0.25, 0.3) is 0 Å². The van der Waals surface area contributed by atoms with Crippen LogP contribution in [0.2, 0.25) is 10.0 Å². The van der Waals surface area contributed by atoms with Crippen molar-refractivity contribution in [2.24, 2.45) is 0 Å². The molecule has 2 amide bonds. The Labute approximate surface area is 172 Å². The van der Waals surface area contributed by atoms with Gasteiger partial charge in [-0.3, -0.25) is 9.59 Å². The van der Waals surface area contributed by atoms with Gasteiger partial charge in [-0.2, -0.15) is 13.2 Å². The Bertz CT molecular complexity index is 1050. The number of furan rings is 1. The predicted molar refractivity (Wildman–Crippen MR) is 103 cm³/mol. The van der Waals surface area contributed by atoms with Crippen LogP contribution < -0.4 is 10.6 Å². The molecular formula is C19H11Cl2F3N2O3. The van der Waals surface area contributed by atoms with Gasteiger partial charge in [-0.1, -0.05) is 23.2 Å². The molecule has 1 heterocycles. The molecule has 0 bridgehead atoms. The van der Waals surface area contributed by atoms with Crippen molar-refractivity contribution in [1.29, 1.82) is 0 Å². The largest absolute Gasteiger partial charge is 0.459 e. The van der Waals surface area contributed by atoms with Gasteiger partial charge in [0.05, 0.1) is 17.5 Å². The molecule has 2 N–H and O–H groups in total. The zero-order valence-electron chi connectivity index (χ0n) is 14.3. The van der Waals surface area contributed by atoms with Gasteiger partial charge in [-0.25, -0.2) is 0 Å². The Balaban J connectivity index is 1.88. The molecule has 0 atom stereocenters. The first-order valence-electron chi connectivity index (χ1n) is 7.97. The first-order valence-corrected chi connectivity index (χ1v) is 8.72. The fourth-order valence-corrected chi connectivity index (χ4v) is 2.97. The highest BCUT2D eigenvalue weighted by molar-refractivity contribution is 6.35. The normalized spacial score (nSPS) is 11.2. The summed E-state index contributed by atoms with van der Waals surface area (Å²) >= 11 is 11.6. The Hall–Kier alpha value is -2.97. The highest BCUT2D eigenvalue weighted by Gasteiger charge is 2.34. The monoisotopic (exact) mass is 442 g/mol. The van der Waals surface area contributed by atoms with E-state index in [0.717, 1.165) is 6.07 Å². The van der Waals surface area contributed by atoms with Crippen LogP contribution in [0.5, 0.6) is 0 Å². The average Bonchev–Trinajstić information content (AvgIpc) is 3.16. The van der Waals surface area contributed by atoms with Gasteiger partial charge in [0.15, 0.2) is 5.76 Å². The van der Waals surface area contributed by atoms with Crippen LogP contribution in [0.3, 0.4) is 0 Å². The third kappa shape index (κ3) is 5.10. The number of hydrogen-bond acceptors (Lipinski definition) is 3. The van der Waals surface area contributed by atoms with Crippen LogP contribution >= 0.6 is 23.2 Å². The molecule has 1 aromatic heterocycles. The summed E-state index contributed by atoms with van der Waals surface area (Å²) in [6.45, 7) is 0. The van der Waals surface area contributed by atoms with Gasteiger partial charge in [-0.05, 0) is 48.5 Å². The number of nitrogens with one attached hydrogen (secondary N) is 2. The van der Waals surface area contributed by atoms with Crippen LogP contribution in [0.15, 0.2) is 59.2 Å². The summed E-state index contributed by atoms with van der Waals surface area (Å²) in [4.78, 5) is 24.3. The Morgan fingerprint density at radius 2 is 1.59 bits per heavy atom. The minimum atomic E-state index is -4.79. The lowest BCUT2D eigenvalue weighted by Gasteiger charge is -2.16. The van der Waals surface area contributed by atoms with Gasteiger partial charge in [0, 0.05) is 21.3 Å². The Morgan fingerprint density at radius 3 is 2.17 bits per heavy atom.